The number of aromatic nitrogens is 4. The number of hydrogen-bond donors (Lipinski definition) is 1. The number of nitrogens with zero attached hydrogens (tertiary/aromatic N) is 4. The van der Waals surface area contributed by atoms with Gasteiger partial charge in [0.2, 0.25) is 5.91 Å². The van der Waals surface area contributed by atoms with Crippen molar-refractivity contribution < 1.29 is 13.9 Å². The molecule has 0 spiro atoms. The van der Waals surface area contributed by atoms with E-state index in [2.05, 4.69) is 34.6 Å². The zero-order valence-corrected chi connectivity index (χ0v) is 22.3. The van der Waals surface area contributed by atoms with Gasteiger partial charge in [0.1, 0.15) is 23.2 Å². The number of carbonyl (C=O) groups is 1. The predicted octanol–water partition coefficient (Wildman–Crippen LogP) is 6.50. The molecule has 0 radical (unpaired) electrons. The van der Waals surface area contributed by atoms with Crippen LogP contribution in [0.1, 0.15) is 11.4 Å². The number of nitrogens with one attached hydrogen (secondary N) is 1. The van der Waals surface area contributed by atoms with Gasteiger partial charge in [0.15, 0.2) is 11.0 Å². The number of thiazole rings is 1. The lowest BCUT2D eigenvalue weighted by Gasteiger charge is -2.08. The number of hydrogen-bond acceptors (Lipinski definition) is 7. The molecule has 5 aromatic rings. The Morgan fingerprint density at radius 1 is 1.14 bits per heavy atom. The van der Waals surface area contributed by atoms with Gasteiger partial charge in [-0.05, 0) is 61.0 Å². The van der Waals surface area contributed by atoms with Crippen LogP contribution in [0.15, 0.2) is 65.8 Å². The number of thioether (sulfide) groups is 1. The summed E-state index contributed by atoms with van der Waals surface area (Å²) in [5.74, 6) is 0.481. The molecule has 1 N–H and O–H groups in total. The smallest absolute Gasteiger partial charge is 0.234 e. The molecule has 3 aromatic carbocycles. The molecule has 0 saturated carbocycles. The minimum atomic E-state index is -0.510. The molecule has 0 saturated heterocycles. The lowest BCUT2D eigenvalue weighted by atomic mass is 10.2. The van der Waals surface area contributed by atoms with Gasteiger partial charge in [-0.3, -0.25) is 4.79 Å². The second kappa shape index (κ2) is 10.9. The van der Waals surface area contributed by atoms with E-state index in [-0.39, 0.29) is 23.3 Å². The summed E-state index contributed by atoms with van der Waals surface area (Å²) in [5, 5.41) is 12.7. The van der Waals surface area contributed by atoms with Gasteiger partial charge in [-0.1, -0.05) is 29.4 Å². The normalized spacial score (nSPS) is 11.1. The quantitative estimate of drug-likeness (QED) is 0.221. The molecule has 5 rings (SSSR count). The maximum absolute atomic E-state index is 13.3. The highest BCUT2D eigenvalue weighted by atomic mass is 35.5. The number of halogens is 2. The SMILES string of the molecule is Cc1ccc2nc(-c3ccc(NC(=O)CSc4nnc(COc5ccc(F)c(Cl)c5)n4C)cc3)sc2c1. The van der Waals surface area contributed by atoms with Crippen LogP contribution in [0.4, 0.5) is 10.1 Å². The molecule has 11 heteroatoms. The molecule has 0 unspecified atom stereocenters. The average Bonchev–Trinajstić information content (AvgIpc) is 3.46. The zero-order valence-electron chi connectivity index (χ0n) is 19.9. The molecule has 37 heavy (non-hydrogen) atoms. The zero-order chi connectivity index (χ0) is 25.9. The van der Waals surface area contributed by atoms with E-state index in [0.29, 0.717) is 22.4 Å². The molecule has 7 nitrogen and oxygen atoms in total. The van der Waals surface area contributed by atoms with Crippen LogP contribution in [0.5, 0.6) is 5.75 Å². The number of carbonyl (C=O) groups excluding carboxylic acids is 1. The third-order valence-electron chi connectivity index (χ3n) is 5.48. The first-order chi connectivity index (χ1) is 17.9. The summed E-state index contributed by atoms with van der Waals surface area (Å²) >= 11 is 8.70. The summed E-state index contributed by atoms with van der Waals surface area (Å²) in [5.41, 5.74) is 3.90. The van der Waals surface area contributed by atoms with Crippen LogP contribution in [-0.4, -0.2) is 31.4 Å². The third-order valence-corrected chi connectivity index (χ3v) is 7.85. The van der Waals surface area contributed by atoms with Crippen molar-refractivity contribution in [3.8, 4) is 16.3 Å². The average molecular weight is 554 g/mol. The van der Waals surface area contributed by atoms with Gasteiger partial charge in [0.05, 0.1) is 21.0 Å². The van der Waals surface area contributed by atoms with Gasteiger partial charge < -0.3 is 14.6 Å². The molecule has 2 heterocycles. The van der Waals surface area contributed by atoms with Crippen molar-refractivity contribution in [3.63, 3.8) is 0 Å². The Bertz CT molecular complexity index is 1590. The van der Waals surface area contributed by atoms with Crippen LogP contribution >= 0.6 is 34.7 Å². The van der Waals surface area contributed by atoms with Crippen molar-refractivity contribution >= 4 is 56.5 Å². The van der Waals surface area contributed by atoms with E-state index in [1.807, 2.05) is 30.3 Å². The van der Waals surface area contributed by atoms with Crippen LogP contribution in [0.3, 0.4) is 0 Å². The molecule has 0 aliphatic rings. The second-order valence-electron chi connectivity index (χ2n) is 8.23. The van der Waals surface area contributed by atoms with Gasteiger partial charge in [0, 0.05) is 24.4 Å². The van der Waals surface area contributed by atoms with E-state index in [9.17, 15) is 9.18 Å². The summed E-state index contributed by atoms with van der Waals surface area (Å²) in [4.78, 5) is 17.2. The predicted molar refractivity (Wildman–Crippen MR) is 146 cm³/mol. The van der Waals surface area contributed by atoms with Crippen molar-refractivity contribution in [2.45, 2.75) is 18.7 Å². The van der Waals surface area contributed by atoms with Crippen molar-refractivity contribution in [1.29, 1.82) is 0 Å². The topological polar surface area (TPSA) is 81.9 Å². The second-order valence-corrected chi connectivity index (χ2v) is 10.6. The van der Waals surface area contributed by atoms with Crippen LogP contribution in [0.25, 0.3) is 20.8 Å². The number of benzene rings is 3. The summed E-state index contributed by atoms with van der Waals surface area (Å²) in [6, 6.07) is 18.0. The molecule has 0 bridgehead atoms. The lowest BCUT2D eigenvalue weighted by molar-refractivity contribution is -0.113. The van der Waals surface area contributed by atoms with Crippen LogP contribution in [-0.2, 0) is 18.4 Å². The molecule has 188 valence electrons. The fourth-order valence-electron chi connectivity index (χ4n) is 3.49. The summed E-state index contributed by atoms with van der Waals surface area (Å²) in [6.07, 6.45) is 0. The molecule has 0 aliphatic carbocycles. The van der Waals surface area contributed by atoms with E-state index in [1.54, 1.807) is 23.0 Å². The van der Waals surface area contributed by atoms with E-state index >= 15 is 0 Å². The highest BCUT2D eigenvalue weighted by molar-refractivity contribution is 7.99. The monoisotopic (exact) mass is 553 g/mol. The Kier molecular flexibility index (Phi) is 7.40. The number of ether oxygens (including phenoxy) is 1. The van der Waals surface area contributed by atoms with Crippen LogP contribution in [0, 0.1) is 12.7 Å². The first-order valence-corrected chi connectivity index (χ1v) is 13.4. The van der Waals surface area contributed by atoms with E-state index in [0.717, 1.165) is 20.8 Å². The fourth-order valence-corrected chi connectivity index (χ4v) is 5.46. The minimum Gasteiger partial charge on any atom is -0.486 e. The van der Waals surface area contributed by atoms with Gasteiger partial charge in [0.25, 0.3) is 0 Å². The Hall–Kier alpha value is -3.47. The largest absolute Gasteiger partial charge is 0.486 e. The maximum Gasteiger partial charge on any atom is 0.234 e. The molecule has 1 amide bonds. The lowest BCUT2D eigenvalue weighted by Crippen LogP contribution is -2.14. The fraction of sp³-hybridized carbons (Fsp3) is 0.154. The van der Waals surface area contributed by atoms with Gasteiger partial charge in [-0.2, -0.15) is 0 Å². The highest BCUT2D eigenvalue weighted by Gasteiger charge is 2.13. The Labute approximate surface area is 225 Å². The van der Waals surface area contributed by atoms with E-state index in [4.69, 9.17) is 21.3 Å². The van der Waals surface area contributed by atoms with Gasteiger partial charge in [-0.25, -0.2) is 9.37 Å². The van der Waals surface area contributed by atoms with Crippen molar-refractivity contribution in [3.05, 3.63) is 82.9 Å². The standard InChI is InChI=1S/C26H21ClFN5O2S2/c1-15-3-10-21-22(11-15)37-25(30-21)16-4-6-17(7-5-16)29-24(34)14-36-26-32-31-23(33(26)2)13-35-18-8-9-20(28)19(27)12-18/h3-12H,13-14H2,1-2H3,(H,29,34). The number of amides is 1. The molecule has 0 atom stereocenters. The van der Waals surface area contributed by atoms with Gasteiger partial charge >= 0.3 is 0 Å². The van der Waals surface area contributed by atoms with Gasteiger partial charge in [-0.15, -0.1) is 21.5 Å². The Balaban J connectivity index is 1.14. The first-order valence-electron chi connectivity index (χ1n) is 11.2. The summed E-state index contributed by atoms with van der Waals surface area (Å²) < 4.78 is 21.8. The van der Waals surface area contributed by atoms with E-state index in [1.165, 1.54) is 35.5 Å². The molecular formula is C26H21ClFN5O2S2. The third kappa shape index (κ3) is 5.93. The summed E-state index contributed by atoms with van der Waals surface area (Å²) in [6.45, 7) is 2.19. The molecular weight excluding hydrogens is 533 g/mol. The highest BCUT2D eigenvalue weighted by Crippen LogP contribution is 2.31. The Morgan fingerprint density at radius 3 is 2.73 bits per heavy atom. The maximum atomic E-state index is 13.3. The van der Waals surface area contributed by atoms with Crippen molar-refractivity contribution in [2.75, 3.05) is 11.1 Å². The number of anilines is 1. The Morgan fingerprint density at radius 2 is 1.95 bits per heavy atom. The number of rotatable bonds is 8. The van der Waals surface area contributed by atoms with Crippen LogP contribution in [0.2, 0.25) is 5.02 Å². The molecule has 0 aliphatic heterocycles. The van der Waals surface area contributed by atoms with E-state index < -0.39 is 5.82 Å². The molecule has 2 aromatic heterocycles. The van der Waals surface area contributed by atoms with Crippen molar-refractivity contribution in [1.82, 2.24) is 19.7 Å². The van der Waals surface area contributed by atoms with Crippen molar-refractivity contribution in [2.24, 2.45) is 7.05 Å². The number of fused-ring (bicyclic) bond motifs is 1. The molecule has 0 fully saturated rings. The summed E-state index contributed by atoms with van der Waals surface area (Å²) in [7, 11) is 1.79. The van der Waals surface area contributed by atoms with Crippen LogP contribution < -0.4 is 10.1 Å². The number of aryl methyl sites for hydroxylation is 1. The first kappa shape index (κ1) is 25.2. The minimum absolute atomic E-state index is 0.0146.